The van der Waals surface area contributed by atoms with Gasteiger partial charge < -0.3 is 10.1 Å². The third-order valence-electron chi connectivity index (χ3n) is 5.81. The van der Waals surface area contributed by atoms with E-state index >= 15 is 0 Å². The SMILES string of the molecule is CCOC(=O)C1C(C(=O)Nc2ccc(I)cc2)C2C=CC1C21CC1. The molecule has 0 aromatic heterocycles. The van der Waals surface area contributed by atoms with Gasteiger partial charge in [0.2, 0.25) is 5.91 Å². The van der Waals surface area contributed by atoms with Gasteiger partial charge in [-0.25, -0.2) is 0 Å². The first-order valence-electron chi connectivity index (χ1n) is 8.48. The van der Waals surface area contributed by atoms with Crippen molar-refractivity contribution >= 4 is 40.2 Å². The average molecular weight is 437 g/mol. The quantitative estimate of drug-likeness (QED) is 0.445. The van der Waals surface area contributed by atoms with E-state index in [1.54, 1.807) is 0 Å². The number of allylic oxidation sites excluding steroid dienone is 2. The minimum absolute atomic E-state index is 0.0580. The molecule has 2 bridgehead atoms. The van der Waals surface area contributed by atoms with Gasteiger partial charge in [-0.15, -0.1) is 0 Å². The Morgan fingerprint density at radius 2 is 1.79 bits per heavy atom. The number of anilines is 1. The number of carbonyl (C=O) groups is 2. The van der Waals surface area contributed by atoms with Gasteiger partial charge in [-0.1, -0.05) is 12.2 Å². The summed E-state index contributed by atoms with van der Waals surface area (Å²) in [6, 6.07) is 7.72. The average Bonchev–Trinajstić information content (AvgIpc) is 3.23. The monoisotopic (exact) mass is 437 g/mol. The number of amides is 1. The molecule has 3 aliphatic carbocycles. The molecule has 0 radical (unpaired) electrons. The van der Waals surface area contributed by atoms with Gasteiger partial charge in [-0.3, -0.25) is 9.59 Å². The molecule has 1 N–H and O–H groups in total. The smallest absolute Gasteiger partial charge is 0.310 e. The molecule has 2 saturated carbocycles. The Bertz CT molecular complexity index is 708. The maximum atomic E-state index is 13.0. The Hall–Kier alpha value is -1.37. The maximum absolute atomic E-state index is 13.0. The minimum atomic E-state index is -0.341. The summed E-state index contributed by atoms with van der Waals surface area (Å²) in [7, 11) is 0. The Kier molecular flexibility index (Phi) is 3.94. The Morgan fingerprint density at radius 1 is 1.17 bits per heavy atom. The molecular formula is C19H20INO3. The van der Waals surface area contributed by atoms with Crippen molar-refractivity contribution in [3.05, 3.63) is 40.0 Å². The zero-order valence-electron chi connectivity index (χ0n) is 13.5. The molecular weight excluding hydrogens is 417 g/mol. The molecule has 24 heavy (non-hydrogen) atoms. The van der Waals surface area contributed by atoms with Crippen LogP contribution in [0, 0.1) is 32.7 Å². The summed E-state index contributed by atoms with van der Waals surface area (Å²) < 4.78 is 6.41. The van der Waals surface area contributed by atoms with Crippen molar-refractivity contribution in [2.75, 3.05) is 11.9 Å². The van der Waals surface area contributed by atoms with Gasteiger partial charge >= 0.3 is 5.97 Å². The van der Waals surface area contributed by atoms with Crippen LogP contribution in [0.15, 0.2) is 36.4 Å². The molecule has 4 unspecified atom stereocenters. The van der Waals surface area contributed by atoms with E-state index < -0.39 is 0 Å². The van der Waals surface area contributed by atoms with Gasteiger partial charge in [0.25, 0.3) is 0 Å². The predicted octanol–water partition coefficient (Wildman–Crippen LogP) is 3.62. The molecule has 4 atom stereocenters. The van der Waals surface area contributed by atoms with Crippen LogP contribution in [0.5, 0.6) is 0 Å². The van der Waals surface area contributed by atoms with E-state index in [-0.39, 0.29) is 41.0 Å². The van der Waals surface area contributed by atoms with Gasteiger partial charge in [0.1, 0.15) is 0 Å². The lowest BCUT2D eigenvalue weighted by Crippen LogP contribution is -2.37. The molecule has 1 aromatic carbocycles. The van der Waals surface area contributed by atoms with Crippen molar-refractivity contribution in [2.45, 2.75) is 19.8 Å². The lowest BCUT2D eigenvalue weighted by molar-refractivity contribution is -0.152. The maximum Gasteiger partial charge on any atom is 0.310 e. The van der Waals surface area contributed by atoms with Gasteiger partial charge in [0, 0.05) is 9.26 Å². The molecule has 0 aliphatic heterocycles. The fourth-order valence-corrected chi connectivity index (χ4v) is 5.03. The first-order chi connectivity index (χ1) is 11.6. The molecule has 1 spiro atoms. The van der Waals surface area contributed by atoms with Crippen molar-refractivity contribution in [1.82, 2.24) is 0 Å². The molecule has 3 aliphatic rings. The van der Waals surface area contributed by atoms with Crippen molar-refractivity contribution in [2.24, 2.45) is 29.1 Å². The highest BCUT2D eigenvalue weighted by Gasteiger charge is 2.70. The normalized spacial score (nSPS) is 31.2. The van der Waals surface area contributed by atoms with Crippen LogP contribution in [0.4, 0.5) is 5.69 Å². The van der Waals surface area contributed by atoms with Gasteiger partial charge in [0.05, 0.1) is 18.4 Å². The predicted molar refractivity (Wildman–Crippen MR) is 99.2 cm³/mol. The summed E-state index contributed by atoms with van der Waals surface area (Å²) in [6.45, 7) is 2.17. The highest BCUT2D eigenvalue weighted by atomic mass is 127. The zero-order chi connectivity index (χ0) is 16.9. The first-order valence-corrected chi connectivity index (χ1v) is 9.56. The molecule has 0 saturated heterocycles. The highest BCUT2D eigenvalue weighted by molar-refractivity contribution is 14.1. The summed E-state index contributed by atoms with van der Waals surface area (Å²) in [5, 5.41) is 3.00. The largest absolute Gasteiger partial charge is 0.466 e. The van der Waals surface area contributed by atoms with Crippen molar-refractivity contribution in [1.29, 1.82) is 0 Å². The molecule has 1 aromatic rings. The number of benzene rings is 1. The molecule has 2 fully saturated rings. The van der Waals surface area contributed by atoms with Crippen LogP contribution in [0.1, 0.15) is 19.8 Å². The summed E-state index contributed by atoms with van der Waals surface area (Å²) in [5.74, 6) is -0.609. The number of hydrogen-bond acceptors (Lipinski definition) is 3. The number of rotatable bonds is 4. The molecule has 0 heterocycles. The van der Waals surface area contributed by atoms with E-state index in [9.17, 15) is 9.59 Å². The van der Waals surface area contributed by atoms with Crippen LogP contribution in [-0.4, -0.2) is 18.5 Å². The topological polar surface area (TPSA) is 55.4 Å². The van der Waals surface area contributed by atoms with Crippen LogP contribution in [-0.2, 0) is 14.3 Å². The molecule has 5 heteroatoms. The zero-order valence-corrected chi connectivity index (χ0v) is 15.7. The van der Waals surface area contributed by atoms with E-state index in [1.807, 2.05) is 31.2 Å². The number of ether oxygens (including phenoxy) is 1. The van der Waals surface area contributed by atoms with Crippen LogP contribution >= 0.6 is 22.6 Å². The van der Waals surface area contributed by atoms with Crippen LogP contribution in [0.3, 0.4) is 0 Å². The van der Waals surface area contributed by atoms with Gasteiger partial charge in [-0.05, 0) is 83.9 Å². The second-order valence-corrected chi connectivity index (χ2v) is 8.22. The van der Waals surface area contributed by atoms with Crippen molar-refractivity contribution < 1.29 is 14.3 Å². The summed E-state index contributed by atoms with van der Waals surface area (Å²) in [6.07, 6.45) is 6.52. The lowest BCUT2D eigenvalue weighted by Gasteiger charge is -2.25. The third kappa shape index (κ3) is 2.39. The standard InChI is InChI=1S/C19H20INO3/c1-2-24-18(23)16-14-8-7-13(19(14)9-10-19)15(16)17(22)21-12-5-3-11(20)4-6-12/h3-8,13-16H,2,9-10H2,1H3,(H,21,22). The number of carbonyl (C=O) groups excluding carboxylic acids is 2. The van der Waals surface area contributed by atoms with E-state index in [2.05, 4.69) is 40.1 Å². The Labute approximate surface area is 155 Å². The van der Waals surface area contributed by atoms with E-state index in [4.69, 9.17) is 4.74 Å². The Balaban J connectivity index is 1.59. The highest BCUT2D eigenvalue weighted by Crippen LogP contribution is 2.72. The van der Waals surface area contributed by atoms with E-state index in [0.717, 1.165) is 22.1 Å². The van der Waals surface area contributed by atoms with Gasteiger partial charge in [0.15, 0.2) is 0 Å². The van der Waals surface area contributed by atoms with Crippen molar-refractivity contribution in [3.8, 4) is 0 Å². The second kappa shape index (κ2) is 5.86. The second-order valence-electron chi connectivity index (χ2n) is 6.97. The Morgan fingerprint density at radius 3 is 2.38 bits per heavy atom. The van der Waals surface area contributed by atoms with E-state index in [1.165, 1.54) is 0 Å². The lowest BCUT2D eigenvalue weighted by atomic mass is 9.82. The first kappa shape index (κ1) is 16.1. The van der Waals surface area contributed by atoms with Gasteiger partial charge in [-0.2, -0.15) is 0 Å². The van der Waals surface area contributed by atoms with Crippen molar-refractivity contribution in [3.63, 3.8) is 0 Å². The number of hydrogen-bond donors (Lipinski definition) is 1. The molecule has 4 nitrogen and oxygen atoms in total. The fourth-order valence-electron chi connectivity index (χ4n) is 4.67. The minimum Gasteiger partial charge on any atom is -0.466 e. The fraction of sp³-hybridized carbons (Fsp3) is 0.474. The molecule has 1 amide bonds. The van der Waals surface area contributed by atoms with E-state index in [0.29, 0.717) is 6.61 Å². The van der Waals surface area contributed by atoms with Crippen LogP contribution in [0.25, 0.3) is 0 Å². The summed E-state index contributed by atoms with van der Waals surface area (Å²) >= 11 is 2.23. The van der Waals surface area contributed by atoms with Crippen LogP contribution < -0.4 is 5.32 Å². The molecule has 126 valence electrons. The number of nitrogens with one attached hydrogen (secondary N) is 1. The summed E-state index contributed by atoms with van der Waals surface area (Å²) in [5.41, 5.74) is 0.922. The number of halogens is 1. The summed E-state index contributed by atoms with van der Waals surface area (Å²) in [4.78, 5) is 25.5. The third-order valence-corrected chi connectivity index (χ3v) is 6.53. The number of esters is 1. The van der Waals surface area contributed by atoms with Crippen LogP contribution in [0.2, 0.25) is 0 Å². The molecule has 4 rings (SSSR count).